The van der Waals surface area contributed by atoms with Crippen LogP contribution in [0.5, 0.6) is 0 Å². The highest BCUT2D eigenvalue weighted by Crippen LogP contribution is 2.49. The Balaban J connectivity index is 1.05. The number of hydrogen-bond donors (Lipinski definition) is 0. The first-order valence-electron chi connectivity index (χ1n) is 22.2. The summed E-state index contributed by atoms with van der Waals surface area (Å²) in [5.74, 6) is 0. The fourth-order valence-electron chi connectivity index (χ4n) is 10.1. The fourth-order valence-corrected chi connectivity index (χ4v) is 10.1. The monoisotopic (exact) mass is 828 g/mol. The molecule has 0 amide bonds. The van der Waals surface area contributed by atoms with Crippen molar-refractivity contribution in [2.24, 2.45) is 0 Å². The van der Waals surface area contributed by atoms with Gasteiger partial charge in [0.05, 0.1) is 33.5 Å². The van der Waals surface area contributed by atoms with E-state index in [4.69, 9.17) is 4.42 Å². The molecule has 304 valence electrons. The molecule has 11 aromatic carbocycles. The van der Waals surface area contributed by atoms with E-state index in [0.717, 1.165) is 72.4 Å². The molecule has 65 heavy (non-hydrogen) atoms. The van der Waals surface area contributed by atoms with Crippen molar-refractivity contribution in [1.29, 1.82) is 0 Å². The molecule has 0 aliphatic rings. The number of fused-ring (bicyclic) bond motifs is 8. The molecule has 0 saturated heterocycles. The maximum atomic E-state index is 6.88. The van der Waals surface area contributed by atoms with Gasteiger partial charge in [-0.2, -0.15) is 0 Å². The number of hydrogen-bond acceptors (Lipinski definition) is 2. The third-order valence-electron chi connectivity index (χ3n) is 13.2. The van der Waals surface area contributed by atoms with Gasteiger partial charge in [-0.1, -0.05) is 176 Å². The van der Waals surface area contributed by atoms with Crippen molar-refractivity contribution in [3.8, 4) is 39.1 Å². The summed E-state index contributed by atoms with van der Waals surface area (Å²) in [5.41, 5.74) is 15.3. The predicted octanol–water partition coefficient (Wildman–Crippen LogP) is 17.5. The van der Waals surface area contributed by atoms with E-state index in [9.17, 15) is 0 Å². The lowest BCUT2D eigenvalue weighted by Crippen LogP contribution is -2.11. The molecule has 2 heterocycles. The van der Waals surface area contributed by atoms with Crippen LogP contribution in [0.4, 0.5) is 17.1 Å². The van der Waals surface area contributed by atoms with Crippen molar-refractivity contribution < 1.29 is 4.42 Å². The minimum absolute atomic E-state index is 0.861. The standard InChI is InChI=1S/C62H40N2O/c1-2-16-44(17-3-1)51-37-38-58(61-53-25-9-11-30-59(53)65-62(51)61)63(49-35-33-42(34-36-49)46-21-12-22-47(39-46)48-32-31-41-15-4-5-19-45(41)40-48)56-28-14-29-57-60(56)52-24-8-10-26-55(52)64(57)54-27-13-20-43-18-6-7-23-50(43)54/h1-40H. The number of benzene rings is 11. The Morgan fingerprint density at radius 2 is 0.938 bits per heavy atom. The van der Waals surface area contributed by atoms with Gasteiger partial charge in [-0.05, 0) is 111 Å². The summed E-state index contributed by atoms with van der Waals surface area (Å²) in [7, 11) is 0. The second kappa shape index (κ2) is 15.0. The summed E-state index contributed by atoms with van der Waals surface area (Å²) in [6.45, 7) is 0. The zero-order valence-electron chi connectivity index (χ0n) is 35.4. The van der Waals surface area contributed by atoms with E-state index in [0.29, 0.717) is 0 Å². The normalized spacial score (nSPS) is 11.7. The lowest BCUT2D eigenvalue weighted by atomic mass is 9.97. The topological polar surface area (TPSA) is 21.3 Å². The average Bonchev–Trinajstić information content (AvgIpc) is 3.94. The molecule has 0 unspecified atom stereocenters. The molecule has 13 aromatic rings. The Morgan fingerprint density at radius 3 is 1.80 bits per heavy atom. The van der Waals surface area contributed by atoms with Crippen LogP contribution in [0.2, 0.25) is 0 Å². The van der Waals surface area contributed by atoms with E-state index in [1.165, 1.54) is 49.0 Å². The molecule has 0 aliphatic heterocycles. The molecule has 13 rings (SSSR count). The molecule has 0 aliphatic carbocycles. The van der Waals surface area contributed by atoms with E-state index >= 15 is 0 Å². The highest BCUT2D eigenvalue weighted by Gasteiger charge is 2.26. The van der Waals surface area contributed by atoms with Gasteiger partial charge in [-0.25, -0.2) is 0 Å². The van der Waals surface area contributed by atoms with Crippen LogP contribution < -0.4 is 4.90 Å². The molecule has 2 aromatic heterocycles. The summed E-state index contributed by atoms with van der Waals surface area (Å²) in [6, 6.07) is 87.7. The van der Waals surface area contributed by atoms with E-state index in [1.54, 1.807) is 0 Å². The summed E-state index contributed by atoms with van der Waals surface area (Å²) in [4.78, 5) is 2.45. The van der Waals surface area contributed by atoms with Crippen molar-refractivity contribution in [2.45, 2.75) is 0 Å². The Kier molecular flexibility index (Phi) is 8.53. The maximum absolute atomic E-state index is 6.88. The van der Waals surface area contributed by atoms with Crippen molar-refractivity contribution in [3.05, 3.63) is 243 Å². The van der Waals surface area contributed by atoms with Gasteiger partial charge in [0, 0.05) is 32.8 Å². The van der Waals surface area contributed by atoms with Crippen molar-refractivity contribution >= 4 is 82.4 Å². The molecule has 0 atom stereocenters. The van der Waals surface area contributed by atoms with Gasteiger partial charge >= 0.3 is 0 Å². The van der Waals surface area contributed by atoms with Crippen LogP contribution in [0.15, 0.2) is 247 Å². The number of nitrogens with zero attached hydrogens (tertiary/aromatic N) is 2. The van der Waals surface area contributed by atoms with Crippen molar-refractivity contribution in [3.63, 3.8) is 0 Å². The van der Waals surface area contributed by atoms with Crippen LogP contribution in [0.25, 0.3) is 104 Å². The van der Waals surface area contributed by atoms with Gasteiger partial charge in [-0.15, -0.1) is 0 Å². The van der Waals surface area contributed by atoms with Crippen LogP contribution in [-0.4, -0.2) is 4.57 Å². The molecule has 0 N–H and O–H groups in total. The smallest absolute Gasteiger partial charge is 0.145 e. The van der Waals surface area contributed by atoms with Crippen LogP contribution >= 0.6 is 0 Å². The SMILES string of the molecule is c1ccc(-c2ccc(N(c3ccc(-c4cccc(-c5ccc6ccccc6c5)c4)cc3)c3cccc4c3c3ccccc3n4-c3cccc4ccccc34)c3c2oc2ccccc23)cc1. The predicted molar refractivity (Wildman–Crippen MR) is 274 cm³/mol. The molecule has 0 radical (unpaired) electrons. The summed E-state index contributed by atoms with van der Waals surface area (Å²) in [6.07, 6.45) is 0. The largest absolute Gasteiger partial charge is 0.455 e. The molecule has 3 nitrogen and oxygen atoms in total. The van der Waals surface area contributed by atoms with Gasteiger partial charge in [0.25, 0.3) is 0 Å². The second-order valence-electron chi connectivity index (χ2n) is 16.8. The quantitative estimate of drug-likeness (QED) is 0.160. The first-order chi connectivity index (χ1) is 32.2. The maximum Gasteiger partial charge on any atom is 0.145 e. The molecular formula is C62H40N2O. The third-order valence-corrected chi connectivity index (χ3v) is 13.2. The van der Waals surface area contributed by atoms with E-state index in [-0.39, 0.29) is 0 Å². The first-order valence-corrected chi connectivity index (χ1v) is 22.2. The molecule has 0 fully saturated rings. The number of para-hydroxylation sites is 2. The molecule has 0 spiro atoms. The number of rotatable bonds is 7. The lowest BCUT2D eigenvalue weighted by molar-refractivity contribution is 0.670. The second-order valence-corrected chi connectivity index (χ2v) is 16.8. The summed E-state index contributed by atoms with van der Waals surface area (Å²) in [5, 5.41) is 9.43. The Morgan fingerprint density at radius 1 is 0.338 bits per heavy atom. The van der Waals surface area contributed by atoms with Gasteiger partial charge < -0.3 is 13.9 Å². The zero-order valence-corrected chi connectivity index (χ0v) is 35.4. The molecular weight excluding hydrogens is 789 g/mol. The van der Waals surface area contributed by atoms with Crippen molar-refractivity contribution in [2.75, 3.05) is 4.90 Å². The number of furan rings is 1. The third kappa shape index (κ3) is 6.05. The van der Waals surface area contributed by atoms with E-state index in [1.807, 2.05) is 0 Å². The summed E-state index contributed by atoms with van der Waals surface area (Å²) >= 11 is 0. The van der Waals surface area contributed by atoms with E-state index < -0.39 is 0 Å². The lowest BCUT2D eigenvalue weighted by Gasteiger charge is -2.28. The fraction of sp³-hybridized carbons (Fsp3) is 0. The molecule has 3 heteroatoms. The van der Waals surface area contributed by atoms with Crippen molar-refractivity contribution in [1.82, 2.24) is 4.57 Å². The summed E-state index contributed by atoms with van der Waals surface area (Å²) < 4.78 is 9.32. The highest BCUT2D eigenvalue weighted by molar-refractivity contribution is 6.21. The Hall–Kier alpha value is -8.66. The minimum Gasteiger partial charge on any atom is -0.455 e. The highest BCUT2D eigenvalue weighted by atomic mass is 16.3. The number of anilines is 3. The van der Waals surface area contributed by atoms with Crippen LogP contribution in [0.3, 0.4) is 0 Å². The first kappa shape index (κ1) is 36.9. The van der Waals surface area contributed by atoms with Crippen LogP contribution in [0.1, 0.15) is 0 Å². The van der Waals surface area contributed by atoms with Crippen LogP contribution in [0, 0.1) is 0 Å². The number of aromatic nitrogens is 1. The van der Waals surface area contributed by atoms with Gasteiger partial charge in [0.1, 0.15) is 11.2 Å². The zero-order chi connectivity index (χ0) is 42.8. The average molecular weight is 829 g/mol. The van der Waals surface area contributed by atoms with Gasteiger partial charge in [0.2, 0.25) is 0 Å². The van der Waals surface area contributed by atoms with Gasteiger partial charge in [-0.3, -0.25) is 0 Å². The van der Waals surface area contributed by atoms with E-state index in [2.05, 4.69) is 252 Å². The van der Waals surface area contributed by atoms with Gasteiger partial charge in [0.15, 0.2) is 0 Å². The minimum atomic E-state index is 0.861. The Bertz CT molecular complexity index is 3950. The molecule has 0 saturated carbocycles. The molecule has 0 bridgehead atoms. The van der Waals surface area contributed by atoms with Crippen LogP contribution in [-0.2, 0) is 0 Å². The Labute approximate surface area is 376 Å².